The fourth-order valence-corrected chi connectivity index (χ4v) is 2.71. The van der Waals surface area contributed by atoms with E-state index in [1.54, 1.807) is 0 Å². The third kappa shape index (κ3) is 4.56. The van der Waals surface area contributed by atoms with Crippen LogP contribution in [0.15, 0.2) is 15.3 Å². The fraction of sp³-hybridized carbons (Fsp3) is 0.625. The molecule has 1 aliphatic rings. The smallest absolute Gasteiger partial charge is 0.227 e. The predicted molar refractivity (Wildman–Crippen MR) is 84.1 cm³/mol. The highest BCUT2D eigenvalue weighted by Gasteiger charge is 2.26. The van der Waals surface area contributed by atoms with E-state index in [-0.39, 0.29) is 18.1 Å². The quantitative estimate of drug-likeness (QED) is 0.801. The summed E-state index contributed by atoms with van der Waals surface area (Å²) in [6.07, 6.45) is 0.0230. The molecule has 1 saturated heterocycles. The summed E-state index contributed by atoms with van der Waals surface area (Å²) in [6, 6.07) is 1.30. The van der Waals surface area contributed by atoms with Gasteiger partial charge in [-0.3, -0.25) is 14.5 Å². The topological polar surface area (TPSA) is 106 Å². The van der Waals surface area contributed by atoms with Crippen molar-refractivity contribution in [2.24, 2.45) is 11.7 Å². The number of primary amides is 1. The lowest BCUT2D eigenvalue weighted by Gasteiger charge is -2.26. The van der Waals surface area contributed by atoms with Gasteiger partial charge in [0, 0.05) is 31.5 Å². The van der Waals surface area contributed by atoms with E-state index in [0.29, 0.717) is 25.5 Å². The van der Waals surface area contributed by atoms with Crippen molar-refractivity contribution in [3.05, 3.63) is 27.8 Å². The molecule has 0 radical (unpaired) electrons. The summed E-state index contributed by atoms with van der Waals surface area (Å²) in [5.74, 6) is -0.741. The molecule has 0 spiro atoms. The number of nitrogens with two attached hydrogens (primary N) is 1. The first-order chi connectivity index (χ1) is 10.9. The summed E-state index contributed by atoms with van der Waals surface area (Å²) in [5, 5.41) is 10.1. The lowest BCUT2D eigenvalue weighted by atomic mass is 9.89. The standard InChI is InChI=1S/C16H24N2O5/c1-10(2)12(8-14(17)20)16-15(21)13(19)7-11(23-16)9-18-3-5-22-6-4-18/h7,10,12,21H,3-6,8-9H2,1-2H3,(H2,17,20). The molecule has 1 fully saturated rings. The SMILES string of the molecule is CC(C)C(CC(N)=O)c1oc(CN2CCOCC2)cc(=O)c1O. The van der Waals surface area contributed by atoms with Crippen molar-refractivity contribution >= 4 is 5.91 Å². The van der Waals surface area contributed by atoms with E-state index >= 15 is 0 Å². The number of rotatable bonds is 6. The van der Waals surface area contributed by atoms with E-state index in [0.717, 1.165) is 13.1 Å². The molecule has 1 unspecified atom stereocenters. The number of hydrogen-bond donors (Lipinski definition) is 2. The molecule has 0 saturated carbocycles. The molecule has 1 atom stereocenters. The Morgan fingerprint density at radius 1 is 1.39 bits per heavy atom. The van der Waals surface area contributed by atoms with Crippen LogP contribution in [0.5, 0.6) is 5.75 Å². The summed E-state index contributed by atoms with van der Waals surface area (Å²) in [7, 11) is 0. The largest absolute Gasteiger partial charge is 0.502 e. The number of carbonyl (C=O) groups excluding carboxylic acids is 1. The number of ether oxygens (including phenoxy) is 1. The van der Waals surface area contributed by atoms with Gasteiger partial charge in [-0.2, -0.15) is 0 Å². The van der Waals surface area contributed by atoms with Gasteiger partial charge in [-0.15, -0.1) is 0 Å². The van der Waals surface area contributed by atoms with Crippen LogP contribution in [0.2, 0.25) is 0 Å². The average molecular weight is 324 g/mol. The van der Waals surface area contributed by atoms with E-state index in [9.17, 15) is 14.7 Å². The van der Waals surface area contributed by atoms with Gasteiger partial charge in [-0.1, -0.05) is 13.8 Å². The van der Waals surface area contributed by atoms with Crippen LogP contribution >= 0.6 is 0 Å². The van der Waals surface area contributed by atoms with Gasteiger partial charge < -0.3 is 20.0 Å². The Balaban J connectivity index is 2.30. The van der Waals surface area contributed by atoms with Crippen LogP contribution in [-0.4, -0.2) is 42.2 Å². The number of amides is 1. The summed E-state index contributed by atoms with van der Waals surface area (Å²) in [4.78, 5) is 25.4. The second-order valence-corrected chi connectivity index (χ2v) is 6.20. The highest BCUT2D eigenvalue weighted by molar-refractivity contribution is 5.74. The van der Waals surface area contributed by atoms with Gasteiger partial charge in [0.1, 0.15) is 5.76 Å². The zero-order valence-corrected chi connectivity index (χ0v) is 13.6. The van der Waals surface area contributed by atoms with Crippen LogP contribution in [-0.2, 0) is 16.1 Å². The van der Waals surface area contributed by atoms with Gasteiger partial charge in [0.2, 0.25) is 17.1 Å². The molecule has 128 valence electrons. The molecule has 1 aromatic rings. The molecule has 1 amide bonds. The van der Waals surface area contributed by atoms with Crippen molar-refractivity contribution in [2.45, 2.75) is 32.7 Å². The maximum absolute atomic E-state index is 12.0. The lowest BCUT2D eigenvalue weighted by Crippen LogP contribution is -2.35. The Bertz CT molecular complexity index is 605. The first-order valence-corrected chi connectivity index (χ1v) is 7.82. The van der Waals surface area contributed by atoms with E-state index in [1.807, 2.05) is 13.8 Å². The molecule has 7 heteroatoms. The Morgan fingerprint density at radius 2 is 2.04 bits per heavy atom. The molecule has 0 bridgehead atoms. The van der Waals surface area contributed by atoms with Crippen molar-refractivity contribution in [2.75, 3.05) is 26.3 Å². The van der Waals surface area contributed by atoms with Crippen LogP contribution in [0.3, 0.4) is 0 Å². The van der Waals surface area contributed by atoms with Gasteiger partial charge in [-0.25, -0.2) is 0 Å². The van der Waals surface area contributed by atoms with Crippen LogP contribution in [0, 0.1) is 5.92 Å². The molecule has 2 heterocycles. The Kier molecular flexibility index (Phi) is 5.79. The molecular formula is C16H24N2O5. The van der Waals surface area contributed by atoms with E-state index in [1.165, 1.54) is 6.07 Å². The summed E-state index contributed by atoms with van der Waals surface area (Å²) >= 11 is 0. The van der Waals surface area contributed by atoms with Crippen molar-refractivity contribution in [3.8, 4) is 5.75 Å². The lowest BCUT2D eigenvalue weighted by molar-refractivity contribution is -0.118. The maximum atomic E-state index is 12.0. The van der Waals surface area contributed by atoms with Crippen LogP contribution in [0.25, 0.3) is 0 Å². The second kappa shape index (κ2) is 7.61. The molecule has 0 aliphatic carbocycles. The highest BCUT2D eigenvalue weighted by atomic mass is 16.5. The van der Waals surface area contributed by atoms with Crippen molar-refractivity contribution in [1.29, 1.82) is 0 Å². The molecule has 2 rings (SSSR count). The third-order valence-electron chi connectivity index (χ3n) is 4.05. The third-order valence-corrected chi connectivity index (χ3v) is 4.05. The van der Waals surface area contributed by atoms with E-state index < -0.39 is 23.0 Å². The molecule has 1 aromatic heterocycles. The minimum atomic E-state index is -0.496. The monoisotopic (exact) mass is 324 g/mol. The highest BCUT2D eigenvalue weighted by Crippen LogP contribution is 2.32. The van der Waals surface area contributed by atoms with Gasteiger partial charge in [0.25, 0.3) is 0 Å². The van der Waals surface area contributed by atoms with Gasteiger partial charge >= 0.3 is 0 Å². The van der Waals surface area contributed by atoms with Crippen molar-refractivity contribution in [1.82, 2.24) is 4.90 Å². The van der Waals surface area contributed by atoms with Crippen LogP contribution in [0.4, 0.5) is 0 Å². The Morgan fingerprint density at radius 3 is 2.61 bits per heavy atom. The van der Waals surface area contributed by atoms with Crippen molar-refractivity contribution in [3.63, 3.8) is 0 Å². The minimum absolute atomic E-state index is 0.00446. The Labute approximate surface area is 135 Å². The normalized spacial score (nSPS) is 17.3. The molecular weight excluding hydrogens is 300 g/mol. The van der Waals surface area contributed by atoms with Crippen LogP contribution < -0.4 is 11.2 Å². The number of morpholine rings is 1. The van der Waals surface area contributed by atoms with Crippen molar-refractivity contribution < 1.29 is 19.1 Å². The number of aromatic hydroxyl groups is 1. The van der Waals surface area contributed by atoms with Gasteiger partial charge in [0.15, 0.2) is 5.76 Å². The van der Waals surface area contributed by atoms with Gasteiger partial charge in [0.05, 0.1) is 19.8 Å². The predicted octanol–water partition coefficient (Wildman–Crippen LogP) is 0.793. The van der Waals surface area contributed by atoms with Crippen LogP contribution in [0.1, 0.15) is 37.7 Å². The molecule has 1 aliphatic heterocycles. The zero-order valence-electron chi connectivity index (χ0n) is 13.6. The fourth-order valence-electron chi connectivity index (χ4n) is 2.71. The number of hydrogen-bond acceptors (Lipinski definition) is 6. The first-order valence-electron chi connectivity index (χ1n) is 7.82. The summed E-state index contributed by atoms with van der Waals surface area (Å²) in [5.41, 5.74) is 4.79. The maximum Gasteiger partial charge on any atom is 0.227 e. The van der Waals surface area contributed by atoms with Gasteiger partial charge in [-0.05, 0) is 5.92 Å². The zero-order chi connectivity index (χ0) is 17.0. The molecule has 0 aromatic carbocycles. The summed E-state index contributed by atoms with van der Waals surface area (Å²) < 4.78 is 11.1. The van der Waals surface area contributed by atoms with E-state index in [4.69, 9.17) is 14.9 Å². The Hall–Kier alpha value is -1.86. The molecule has 7 nitrogen and oxygen atoms in total. The summed E-state index contributed by atoms with van der Waals surface area (Å²) in [6.45, 7) is 7.05. The van der Waals surface area contributed by atoms with E-state index in [2.05, 4.69) is 4.90 Å². The number of carbonyl (C=O) groups is 1. The minimum Gasteiger partial charge on any atom is -0.502 e. The molecule has 23 heavy (non-hydrogen) atoms. The average Bonchev–Trinajstić information content (AvgIpc) is 2.49. The molecule has 3 N–H and O–H groups in total. The number of nitrogens with zero attached hydrogens (tertiary/aromatic N) is 1. The second-order valence-electron chi connectivity index (χ2n) is 6.20. The first kappa shape index (κ1) is 17.5.